The molecule has 0 aliphatic heterocycles. The Morgan fingerprint density at radius 2 is 1.57 bits per heavy atom. The molecule has 0 rings (SSSR count). The van der Waals surface area contributed by atoms with Crippen LogP contribution in [-0.2, 0) is 4.79 Å². The van der Waals surface area contributed by atoms with Gasteiger partial charge in [0.15, 0.2) is 0 Å². The molecule has 28 heavy (non-hydrogen) atoms. The third-order valence-corrected chi connectivity index (χ3v) is 3.92. The van der Waals surface area contributed by atoms with E-state index in [2.05, 4.69) is 0 Å². The first-order valence-electron chi connectivity index (χ1n) is 9.90. The minimum absolute atomic E-state index is 0.159. The average molecular weight is 393 g/mol. The molecule has 0 amide bonds. The van der Waals surface area contributed by atoms with Crippen molar-refractivity contribution in [1.29, 1.82) is 0 Å². The molecule has 0 radical (unpaired) electrons. The lowest BCUT2D eigenvalue weighted by Crippen LogP contribution is -2.35. The third kappa shape index (κ3) is 15.3. The fourth-order valence-electron chi connectivity index (χ4n) is 2.25. The van der Waals surface area contributed by atoms with Crippen molar-refractivity contribution >= 4 is 5.78 Å². The van der Waals surface area contributed by atoms with Crippen LogP contribution in [0, 0.1) is 0 Å². The average Bonchev–Trinajstić information content (AvgIpc) is 2.65. The van der Waals surface area contributed by atoms with Crippen LogP contribution in [0.15, 0.2) is 60.8 Å². The standard InChI is InChI=1S/C23H36O5/c1-3-4-9-17-21(26)23(28)22(27)18-13-7-5-6-11-15-20(25)16-12-8-10-14-19(2)24/h4-6,8-9,11-13,15,18,20-23,25-28H,3,7,10,14,16-17H2,1-2H3/b6-5+,9-4+,12-8+,15-11+,18-13+. The summed E-state index contributed by atoms with van der Waals surface area (Å²) in [5.74, 6) is 0.159. The van der Waals surface area contributed by atoms with Gasteiger partial charge in [-0.05, 0) is 39.0 Å². The second kappa shape index (κ2) is 17.3. The van der Waals surface area contributed by atoms with E-state index >= 15 is 0 Å². The van der Waals surface area contributed by atoms with Gasteiger partial charge < -0.3 is 25.2 Å². The zero-order valence-corrected chi connectivity index (χ0v) is 17.0. The van der Waals surface area contributed by atoms with Gasteiger partial charge in [-0.25, -0.2) is 0 Å². The summed E-state index contributed by atoms with van der Waals surface area (Å²) in [6.07, 6.45) is 17.2. The van der Waals surface area contributed by atoms with Crippen LogP contribution >= 0.6 is 0 Å². The molecule has 4 atom stereocenters. The van der Waals surface area contributed by atoms with Crippen LogP contribution in [-0.4, -0.2) is 50.6 Å². The first kappa shape index (κ1) is 26.2. The number of hydrogen-bond donors (Lipinski definition) is 4. The minimum Gasteiger partial charge on any atom is -0.390 e. The highest BCUT2D eigenvalue weighted by molar-refractivity contribution is 5.75. The molecule has 5 nitrogen and oxygen atoms in total. The number of aliphatic hydroxyl groups excluding tert-OH is 4. The Labute approximate surface area is 169 Å². The maximum absolute atomic E-state index is 10.8. The molecule has 0 aromatic rings. The largest absolute Gasteiger partial charge is 0.390 e. The highest BCUT2D eigenvalue weighted by Gasteiger charge is 2.21. The quantitative estimate of drug-likeness (QED) is 0.253. The normalized spacial score (nSPS) is 17.4. The first-order valence-corrected chi connectivity index (χ1v) is 9.90. The second-order valence-corrected chi connectivity index (χ2v) is 6.66. The summed E-state index contributed by atoms with van der Waals surface area (Å²) in [6, 6.07) is 0. The SMILES string of the molecule is CC/C=C/CC(O)C(O)C(O)/C=C/C/C=C/C=C/C(O)C/C=C/CCC(C)=O. The molecule has 0 aliphatic carbocycles. The number of ketones is 1. The smallest absolute Gasteiger partial charge is 0.130 e. The Morgan fingerprint density at radius 1 is 0.857 bits per heavy atom. The fraction of sp³-hybridized carbons (Fsp3) is 0.522. The zero-order valence-electron chi connectivity index (χ0n) is 17.0. The van der Waals surface area contributed by atoms with Crippen molar-refractivity contribution in [2.45, 2.75) is 76.8 Å². The van der Waals surface area contributed by atoms with Crippen LogP contribution in [0.5, 0.6) is 0 Å². The maximum atomic E-state index is 10.8. The van der Waals surface area contributed by atoms with Crippen LogP contribution in [0.25, 0.3) is 0 Å². The lowest BCUT2D eigenvalue weighted by atomic mass is 10.0. The van der Waals surface area contributed by atoms with Crippen molar-refractivity contribution in [3.8, 4) is 0 Å². The summed E-state index contributed by atoms with van der Waals surface area (Å²) >= 11 is 0. The van der Waals surface area contributed by atoms with Crippen molar-refractivity contribution in [2.75, 3.05) is 0 Å². The van der Waals surface area contributed by atoms with Crippen molar-refractivity contribution in [3.05, 3.63) is 60.8 Å². The van der Waals surface area contributed by atoms with Gasteiger partial charge in [0.05, 0.1) is 12.2 Å². The molecular formula is C23H36O5. The predicted molar refractivity (Wildman–Crippen MR) is 114 cm³/mol. The van der Waals surface area contributed by atoms with Gasteiger partial charge in [0.25, 0.3) is 0 Å². The van der Waals surface area contributed by atoms with E-state index in [0.29, 0.717) is 32.1 Å². The number of hydrogen-bond acceptors (Lipinski definition) is 5. The van der Waals surface area contributed by atoms with E-state index in [4.69, 9.17) is 0 Å². The number of Topliss-reactive ketones (excluding diaryl/α,β-unsaturated/α-hetero) is 1. The predicted octanol–water partition coefficient (Wildman–Crippen LogP) is 3.16. The number of carbonyl (C=O) groups is 1. The first-order chi connectivity index (χ1) is 13.4. The summed E-state index contributed by atoms with van der Waals surface area (Å²) in [7, 11) is 0. The highest BCUT2D eigenvalue weighted by Crippen LogP contribution is 2.07. The van der Waals surface area contributed by atoms with E-state index in [0.717, 1.165) is 6.42 Å². The Bertz CT molecular complexity index is 545. The van der Waals surface area contributed by atoms with Crippen LogP contribution in [0.4, 0.5) is 0 Å². The van der Waals surface area contributed by atoms with Gasteiger partial charge in [0, 0.05) is 6.42 Å². The molecule has 0 saturated carbocycles. The van der Waals surface area contributed by atoms with Crippen LogP contribution < -0.4 is 0 Å². The van der Waals surface area contributed by atoms with Gasteiger partial charge in [-0.1, -0.05) is 67.7 Å². The van der Waals surface area contributed by atoms with Gasteiger partial charge in [-0.3, -0.25) is 0 Å². The van der Waals surface area contributed by atoms with Crippen molar-refractivity contribution in [2.24, 2.45) is 0 Å². The summed E-state index contributed by atoms with van der Waals surface area (Å²) in [5.41, 5.74) is 0. The topological polar surface area (TPSA) is 98.0 Å². The molecule has 0 heterocycles. The molecule has 4 N–H and O–H groups in total. The van der Waals surface area contributed by atoms with Crippen molar-refractivity contribution in [1.82, 2.24) is 0 Å². The Kier molecular flexibility index (Phi) is 16.2. The summed E-state index contributed by atoms with van der Waals surface area (Å²) < 4.78 is 0. The Balaban J connectivity index is 4.06. The van der Waals surface area contributed by atoms with Gasteiger partial charge in [-0.15, -0.1) is 0 Å². The number of allylic oxidation sites excluding steroid dienone is 6. The van der Waals surface area contributed by atoms with Gasteiger partial charge in [-0.2, -0.15) is 0 Å². The van der Waals surface area contributed by atoms with Gasteiger partial charge >= 0.3 is 0 Å². The summed E-state index contributed by atoms with van der Waals surface area (Å²) in [5, 5.41) is 39.3. The molecule has 0 spiro atoms. The minimum atomic E-state index is -1.22. The molecular weight excluding hydrogens is 356 g/mol. The Hall–Kier alpha value is -1.79. The molecule has 4 unspecified atom stereocenters. The van der Waals surface area contributed by atoms with E-state index in [1.54, 1.807) is 37.3 Å². The molecule has 158 valence electrons. The molecule has 0 aliphatic rings. The van der Waals surface area contributed by atoms with Crippen molar-refractivity contribution in [3.63, 3.8) is 0 Å². The molecule has 0 bridgehead atoms. The molecule has 5 heteroatoms. The van der Waals surface area contributed by atoms with E-state index in [1.807, 2.05) is 31.2 Å². The van der Waals surface area contributed by atoms with Crippen LogP contribution in [0.1, 0.15) is 52.4 Å². The van der Waals surface area contributed by atoms with E-state index in [1.165, 1.54) is 6.08 Å². The monoisotopic (exact) mass is 392 g/mol. The van der Waals surface area contributed by atoms with Gasteiger partial charge in [0.2, 0.25) is 0 Å². The van der Waals surface area contributed by atoms with Crippen molar-refractivity contribution < 1.29 is 25.2 Å². The summed E-state index contributed by atoms with van der Waals surface area (Å²) in [4.78, 5) is 10.8. The lowest BCUT2D eigenvalue weighted by molar-refractivity contribution is -0.116. The summed E-state index contributed by atoms with van der Waals surface area (Å²) in [6.45, 7) is 3.54. The second-order valence-electron chi connectivity index (χ2n) is 6.66. The van der Waals surface area contributed by atoms with E-state index in [9.17, 15) is 25.2 Å². The fourth-order valence-corrected chi connectivity index (χ4v) is 2.25. The molecule has 0 aromatic carbocycles. The number of rotatable bonds is 15. The van der Waals surface area contributed by atoms with Crippen LogP contribution in [0.2, 0.25) is 0 Å². The number of aliphatic hydroxyl groups is 4. The lowest BCUT2D eigenvalue weighted by Gasteiger charge is -2.19. The molecule has 0 aromatic heterocycles. The maximum Gasteiger partial charge on any atom is 0.130 e. The molecule has 0 fully saturated rings. The van der Waals surface area contributed by atoms with E-state index in [-0.39, 0.29) is 5.78 Å². The number of carbonyl (C=O) groups excluding carboxylic acids is 1. The Morgan fingerprint density at radius 3 is 2.25 bits per heavy atom. The van der Waals surface area contributed by atoms with E-state index < -0.39 is 24.4 Å². The third-order valence-electron chi connectivity index (χ3n) is 3.92. The molecule has 0 saturated heterocycles. The zero-order chi connectivity index (χ0) is 21.2. The highest BCUT2D eigenvalue weighted by atomic mass is 16.4. The van der Waals surface area contributed by atoms with Crippen LogP contribution in [0.3, 0.4) is 0 Å². The van der Waals surface area contributed by atoms with Gasteiger partial charge in [0.1, 0.15) is 18.0 Å².